The largest absolute Gasteiger partial charge is 0.658 e. The molecular weight excluding hydrogens is 357 g/mol. The van der Waals surface area contributed by atoms with Crippen LogP contribution in [-0.2, 0) is 0 Å². The van der Waals surface area contributed by atoms with Crippen molar-refractivity contribution in [1.29, 1.82) is 0 Å². The Morgan fingerprint density at radius 3 is 1.08 bits per heavy atom. The summed E-state index contributed by atoms with van der Waals surface area (Å²) in [5.41, 5.74) is 0. The van der Waals surface area contributed by atoms with Crippen molar-refractivity contribution in [3.8, 4) is 23.0 Å². The van der Waals surface area contributed by atoms with Crippen molar-refractivity contribution in [2.45, 2.75) is 12.7 Å². The summed E-state index contributed by atoms with van der Waals surface area (Å²) in [6.07, 6.45) is -9.58. The second-order valence-electron chi connectivity index (χ2n) is 4.37. The van der Waals surface area contributed by atoms with Gasteiger partial charge in [-0.15, -0.1) is 26.3 Å². The summed E-state index contributed by atoms with van der Waals surface area (Å²) in [5.74, 6) is -0.514. The highest BCUT2D eigenvalue weighted by Gasteiger charge is 2.31. The predicted octanol–water partition coefficient (Wildman–Crippen LogP) is 4.48. The van der Waals surface area contributed by atoms with Crippen molar-refractivity contribution in [1.82, 2.24) is 0 Å². The lowest BCUT2D eigenvalue weighted by molar-refractivity contribution is -0.275. The van der Waals surface area contributed by atoms with Crippen molar-refractivity contribution in [3.63, 3.8) is 0 Å². The molecule has 0 bridgehead atoms. The number of ether oxygens (including phenoxy) is 2. The third-order valence-electron chi connectivity index (χ3n) is 2.48. The molecule has 0 N–H and O–H groups in total. The number of hydrogen-bond donors (Lipinski definition) is 0. The third-order valence-corrected chi connectivity index (χ3v) is 2.48. The van der Waals surface area contributed by atoms with Gasteiger partial charge >= 0.3 is 20.4 Å². The van der Waals surface area contributed by atoms with Crippen LogP contribution in [0.15, 0.2) is 48.5 Å². The maximum atomic E-state index is 12.0. The molecule has 0 aromatic heterocycles. The maximum Gasteiger partial charge on any atom is 0.658 e. The average Bonchev–Trinajstić information content (AvgIpc) is 2.48. The molecule has 25 heavy (non-hydrogen) atoms. The fourth-order valence-corrected chi connectivity index (χ4v) is 1.57. The van der Waals surface area contributed by atoms with E-state index in [1.807, 2.05) is 0 Å². The minimum Gasteiger partial charge on any atom is -0.526 e. The Hall–Kier alpha value is -2.72. The highest BCUT2D eigenvalue weighted by molar-refractivity contribution is 6.20. The normalized spacial score (nSPS) is 11.6. The first kappa shape index (κ1) is 18.6. The van der Waals surface area contributed by atoms with E-state index >= 15 is 0 Å². The van der Waals surface area contributed by atoms with Crippen LogP contribution in [0.4, 0.5) is 26.3 Å². The summed E-state index contributed by atoms with van der Waals surface area (Å²) in [6, 6.07) is 9.00. The summed E-state index contributed by atoms with van der Waals surface area (Å²) in [5, 5.41) is 0. The fourth-order valence-electron chi connectivity index (χ4n) is 1.57. The zero-order valence-electron chi connectivity index (χ0n) is 12.1. The fraction of sp³-hybridized carbons (Fsp3) is 0.143. The van der Waals surface area contributed by atoms with Crippen LogP contribution >= 0.6 is 0 Å². The quantitative estimate of drug-likeness (QED) is 0.559. The van der Waals surface area contributed by atoms with Crippen molar-refractivity contribution in [3.05, 3.63) is 48.5 Å². The van der Waals surface area contributed by atoms with Crippen molar-refractivity contribution < 1.29 is 45.1 Å². The number of rotatable bonds is 6. The van der Waals surface area contributed by atoms with E-state index in [4.69, 9.17) is 9.31 Å². The minimum absolute atomic E-state index is 0.159. The smallest absolute Gasteiger partial charge is 0.526 e. The van der Waals surface area contributed by atoms with E-state index in [0.29, 0.717) is 0 Å². The number of halogens is 6. The van der Waals surface area contributed by atoms with Crippen LogP contribution in [-0.4, -0.2) is 20.4 Å². The molecule has 0 saturated carbocycles. The lowest BCUT2D eigenvalue weighted by Gasteiger charge is -2.11. The number of alkyl halides is 6. The van der Waals surface area contributed by atoms with E-state index in [1.165, 1.54) is 24.3 Å². The molecule has 0 spiro atoms. The first-order chi connectivity index (χ1) is 11.6. The molecule has 0 saturated heterocycles. The van der Waals surface area contributed by atoms with Gasteiger partial charge in [-0.2, -0.15) is 0 Å². The van der Waals surface area contributed by atoms with E-state index in [0.717, 1.165) is 32.0 Å². The third kappa shape index (κ3) is 7.15. The van der Waals surface area contributed by atoms with Crippen LogP contribution in [0.25, 0.3) is 0 Å². The second kappa shape index (κ2) is 7.45. The standard InChI is InChI=1S/C14H8BF6O4/c16-13(17,18)22-9-1-5-11(6-2-9)24-15-25-12-7-3-10(4-8-12)23-14(19,20)21/h1-8H. The van der Waals surface area contributed by atoms with Crippen LogP contribution in [0.5, 0.6) is 23.0 Å². The van der Waals surface area contributed by atoms with Crippen LogP contribution in [0.1, 0.15) is 0 Å². The van der Waals surface area contributed by atoms with E-state index in [-0.39, 0.29) is 11.5 Å². The van der Waals surface area contributed by atoms with E-state index in [9.17, 15) is 26.3 Å². The molecule has 2 aromatic rings. The molecule has 11 heteroatoms. The maximum absolute atomic E-state index is 12.0. The summed E-state index contributed by atoms with van der Waals surface area (Å²) in [6.45, 7) is 0. The van der Waals surface area contributed by atoms with Gasteiger partial charge in [0.2, 0.25) is 0 Å². The Kier molecular flexibility index (Phi) is 5.55. The van der Waals surface area contributed by atoms with E-state index in [1.54, 1.807) is 0 Å². The lowest BCUT2D eigenvalue weighted by Crippen LogP contribution is -2.17. The average molecular weight is 365 g/mol. The van der Waals surface area contributed by atoms with Gasteiger partial charge in [-0.05, 0) is 48.5 Å². The summed E-state index contributed by atoms with van der Waals surface area (Å²) >= 11 is 0. The van der Waals surface area contributed by atoms with Crippen molar-refractivity contribution >= 4 is 7.69 Å². The molecule has 0 amide bonds. The van der Waals surface area contributed by atoms with E-state index in [2.05, 4.69) is 9.47 Å². The Bertz CT molecular complexity index is 610. The molecule has 1 radical (unpaired) electrons. The molecular formula is C14H8BF6O4. The van der Waals surface area contributed by atoms with Gasteiger partial charge in [0.1, 0.15) is 23.0 Å². The first-order valence-corrected chi connectivity index (χ1v) is 6.47. The van der Waals surface area contributed by atoms with E-state index < -0.39 is 24.2 Å². The summed E-state index contributed by atoms with van der Waals surface area (Å²) < 4.78 is 89.4. The SMILES string of the molecule is FC(F)(F)Oc1ccc(O[B]Oc2ccc(OC(F)(F)F)cc2)cc1. The predicted molar refractivity (Wildman–Crippen MR) is 73.3 cm³/mol. The van der Waals surface area contributed by atoms with Crippen molar-refractivity contribution in [2.24, 2.45) is 0 Å². The van der Waals surface area contributed by atoms with Crippen LogP contribution in [0.2, 0.25) is 0 Å². The molecule has 0 aliphatic heterocycles. The monoisotopic (exact) mass is 365 g/mol. The van der Waals surface area contributed by atoms with Gasteiger partial charge in [0.25, 0.3) is 0 Å². The Morgan fingerprint density at radius 1 is 0.520 bits per heavy atom. The molecule has 0 aliphatic carbocycles. The van der Waals surface area contributed by atoms with Crippen LogP contribution in [0, 0.1) is 0 Å². The Morgan fingerprint density at radius 2 is 0.800 bits per heavy atom. The van der Waals surface area contributed by atoms with Gasteiger partial charge in [-0.25, -0.2) is 0 Å². The first-order valence-electron chi connectivity index (χ1n) is 6.47. The molecule has 2 rings (SSSR count). The van der Waals surface area contributed by atoms with Gasteiger partial charge in [0, 0.05) is 0 Å². The highest BCUT2D eigenvalue weighted by Crippen LogP contribution is 2.26. The molecule has 2 aromatic carbocycles. The second-order valence-corrected chi connectivity index (χ2v) is 4.37. The summed E-state index contributed by atoms with van der Waals surface area (Å²) in [7, 11) is 0.860. The molecule has 0 fully saturated rings. The molecule has 4 nitrogen and oxygen atoms in total. The minimum atomic E-state index is -4.79. The number of benzene rings is 2. The number of hydrogen-bond acceptors (Lipinski definition) is 4. The topological polar surface area (TPSA) is 36.9 Å². The Labute approximate surface area is 138 Å². The van der Waals surface area contributed by atoms with Gasteiger partial charge in [0.15, 0.2) is 0 Å². The van der Waals surface area contributed by atoms with Gasteiger partial charge < -0.3 is 18.8 Å². The molecule has 0 aliphatic rings. The zero-order valence-corrected chi connectivity index (χ0v) is 12.1. The zero-order chi connectivity index (χ0) is 18.5. The molecule has 0 atom stereocenters. The van der Waals surface area contributed by atoms with Crippen LogP contribution < -0.4 is 18.8 Å². The van der Waals surface area contributed by atoms with Gasteiger partial charge in [-0.3, -0.25) is 0 Å². The van der Waals surface area contributed by atoms with Gasteiger partial charge in [0.05, 0.1) is 0 Å². The Balaban J connectivity index is 1.80. The molecule has 0 heterocycles. The summed E-state index contributed by atoms with van der Waals surface area (Å²) in [4.78, 5) is 0. The van der Waals surface area contributed by atoms with Gasteiger partial charge in [-0.1, -0.05) is 0 Å². The molecule has 133 valence electrons. The van der Waals surface area contributed by atoms with Crippen molar-refractivity contribution in [2.75, 3.05) is 0 Å². The van der Waals surface area contributed by atoms with Crippen LogP contribution in [0.3, 0.4) is 0 Å². The molecule has 0 unspecified atom stereocenters. The lowest BCUT2D eigenvalue weighted by atomic mass is 10.3. The highest BCUT2D eigenvalue weighted by atomic mass is 19.4.